The van der Waals surface area contributed by atoms with Gasteiger partial charge in [0.25, 0.3) is 5.91 Å². The highest BCUT2D eigenvalue weighted by atomic mass is 16.5. The standard InChI is InChI=1S/C24H27N3O3/c1-18(8-9-19-6-3-2-4-7-19)27(16-21-15-25-17-26-21)24(28)20-10-11-22-23(14-20)30-13-5-12-29-22/h2-4,6-7,10-11,14-15,17-18H,5,8-9,12-13,16H2,1H3,(H,25,26). The second kappa shape index (κ2) is 9.48. The summed E-state index contributed by atoms with van der Waals surface area (Å²) in [4.78, 5) is 22.6. The number of imidazole rings is 1. The molecule has 2 heterocycles. The number of fused-ring (bicyclic) bond motifs is 1. The minimum atomic E-state index is -0.0270. The van der Waals surface area contributed by atoms with Gasteiger partial charge in [-0.25, -0.2) is 4.98 Å². The van der Waals surface area contributed by atoms with Crippen LogP contribution in [-0.4, -0.2) is 40.0 Å². The minimum Gasteiger partial charge on any atom is -0.490 e. The number of nitrogens with zero attached hydrogens (tertiary/aromatic N) is 2. The molecule has 1 amide bonds. The molecule has 1 atom stereocenters. The van der Waals surface area contributed by atoms with Gasteiger partial charge in [-0.15, -0.1) is 0 Å². The van der Waals surface area contributed by atoms with Gasteiger partial charge in [0.2, 0.25) is 0 Å². The lowest BCUT2D eigenvalue weighted by Crippen LogP contribution is -2.38. The SMILES string of the molecule is CC(CCc1ccccc1)N(Cc1cnc[nH]1)C(=O)c1ccc2c(c1)OCCCO2. The Morgan fingerprint density at radius 3 is 2.70 bits per heavy atom. The third-order valence-corrected chi connectivity index (χ3v) is 5.38. The van der Waals surface area contributed by atoms with E-state index in [0.717, 1.165) is 25.0 Å². The summed E-state index contributed by atoms with van der Waals surface area (Å²) < 4.78 is 11.5. The first-order valence-corrected chi connectivity index (χ1v) is 10.4. The van der Waals surface area contributed by atoms with Crippen molar-refractivity contribution in [2.75, 3.05) is 13.2 Å². The second-order valence-electron chi connectivity index (χ2n) is 7.60. The number of nitrogens with one attached hydrogen (secondary N) is 1. The van der Waals surface area contributed by atoms with Gasteiger partial charge >= 0.3 is 0 Å². The van der Waals surface area contributed by atoms with Gasteiger partial charge in [0, 0.05) is 24.2 Å². The molecule has 1 aromatic heterocycles. The van der Waals surface area contributed by atoms with Crippen LogP contribution in [0.15, 0.2) is 61.1 Å². The molecule has 0 bridgehead atoms. The zero-order valence-corrected chi connectivity index (χ0v) is 17.2. The molecule has 0 fully saturated rings. The molecule has 1 unspecified atom stereocenters. The van der Waals surface area contributed by atoms with Crippen LogP contribution in [0.1, 0.15) is 41.4 Å². The lowest BCUT2D eigenvalue weighted by Gasteiger charge is -2.29. The predicted molar refractivity (Wildman–Crippen MR) is 115 cm³/mol. The Morgan fingerprint density at radius 2 is 1.93 bits per heavy atom. The fraction of sp³-hybridized carbons (Fsp3) is 0.333. The van der Waals surface area contributed by atoms with Crippen LogP contribution < -0.4 is 9.47 Å². The van der Waals surface area contributed by atoms with Gasteiger partial charge in [0.15, 0.2) is 11.5 Å². The van der Waals surface area contributed by atoms with E-state index in [1.807, 2.05) is 35.2 Å². The number of ether oxygens (including phenoxy) is 2. The van der Waals surface area contributed by atoms with E-state index in [1.165, 1.54) is 5.56 Å². The van der Waals surface area contributed by atoms with Crippen molar-refractivity contribution in [1.82, 2.24) is 14.9 Å². The van der Waals surface area contributed by atoms with Gasteiger partial charge in [-0.2, -0.15) is 0 Å². The molecule has 2 aromatic carbocycles. The molecule has 4 rings (SSSR count). The Kier molecular flexibility index (Phi) is 6.32. The molecule has 6 nitrogen and oxygen atoms in total. The maximum Gasteiger partial charge on any atom is 0.254 e. The molecule has 0 radical (unpaired) electrons. The highest BCUT2D eigenvalue weighted by Crippen LogP contribution is 2.31. The van der Waals surface area contributed by atoms with Gasteiger partial charge in [-0.05, 0) is 43.5 Å². The van der Waals surface area contributed by atoms with Crippen molar-refractivity contribution < 1.29 is 14.3 Å². The van der Waals surface area contributed by atoms with Gasteiger partial charge in [-0.1, -0.05) is 30.3 Å². The maximum atomic E-state index is 13.5. The summed E-state index contributed by atoms with van der Waals surface area (Å²) >= 11 is 0. The Morgan fingerprint density at radius 1 is 1.13 bits per heavy atom. The van der Waals surface area contributed by atoms with E-state index in [0.29, 0.717) is 36.8 Å². The first-order valence-electron chi connectivity index (χ1n) is 10.4. The van der Waals surface area contributed by atoms with E-state index in [4.69, 9.17) is 9.47 Å². The smallest absolute Gasteiger partial charge is 0.254 e. The molecule has 3 aromatic rings. The van der Waals surface area contributed by atoms with Gasteiger partial charge < -0.3 is 19.4 Å². The summed E-state index contributed by atoms with van der Waals surface area (Å²) in [5.74, 6) is 1.30. The number of rotatable bonds is 7. The summed E-state index contributed by atoms with van der Waals surface area (Å²) in [6.07, 6.45) is 6.02. The molecule has 6 heteroatoms. The molecule has 0 saturated carbocycles. The van der Waals surface area contributed by atoms with E-state index in [2.05, 4.69) is 29.0 Å². The van der Waals surface area contributed by atoms with E-state index in [1.54, 1.807) is 18.6 Å². The number of hydrogen-bond acceptors (Lipinski definition) is 4. The first kappa shape index (κ1) is 20.0. The summed E-state index contributed by atoms with van der Waals surface area (Å²) in [6.45, 7) is 3.79. The average molecular weight is 405 g/mol. The number of hydrogen-bond donors (Lipinski definition) is 1. The van der Waals surface area contributed by atoms with Crippen molar-refractivity contribution in [3.63, 3.8) is 0 Å². The van der Waals surface area contributed by atoms with Crippen LogP contribution in [0.5, 0.6) is 11.5 Å². The van der Waals surface area contributed by atoms with Crippen molar-refractivity contribution >= 4 is 5.91 Å². The van der Waals surface area contributed by atoms with Crippen LogP contribution in [0.3, 0.4) is 0 Å². The molecule has 0 saturated heterocycles. The van der Waals surface area contributed by atoms with E-state index < -0.39 is 0 Å². The zero-order chi connectivity index (χ0) is 20.8. The van der Waals surface area contributed by atoms with Crippen molar-refractivity contribution in [2.45, 2.75) is 38.8 Å². The van der Waals surface area contributed by atoms with Crippen LogP contribution in [0.2, 0.25) is 0 Å². The molecule has 1 aliphatic rings. The maximum absolute atomic E-state index is 13.5. The fourth-order valence-corrected chi connectivity index (χ4v) is 3.62. The topological polar surface area (TPSA) is 67.5 Å². The van der Waals surface area contributed by atoms with Crippen LogP contribution >= 0.6 is 0 Å². The molecular formula is C24H27N3O3. The summed E-state index contributed by atoms with van der Waals surface area (Å²) in [7, 11) is 0. The largest absolute Gasteiger partial charge is 0.490 e. The number of aryl methyl sites for hydroxylation is 1. The number of aromatic nitrogens is 2. The highest BCUT2D eigenvalue weighted by molar-refractivity contribution is 5.95. The lowest BCUT2D eigenvalue weighted by molar-refractivity contribution is 0.0664. The first-order chi connectivity index (χ1) is 14.7. The van der Waals surface area contributed by atoms with E-state index >= 15 is 0 Å². The minimum absolute atomic E-state index is 0.0270. The summed E-state index contributed by atoms with van der Waals surface area (Å²) in [5.41, 5.74) is 2.78. The third-order valence-electron chi connectivity index (χ3n) is 5.38. The Hall–Kier alpha value is -3.28. The number of carbonyl (C=O) groups excluding carboxylic acids is 1. The van der Waals surface area contributed by atoms with Gasteiger partial charge in [0.1, 0.15) is 0 Å². The molecule has 0 aliphatic carbocycles. The Labute approximate surface area is 176 Å². The van der Waals surface area contributed by atoms with Crippen molar-refractivity contribution in [1.29, 1.82) is 0 Å². The van der Waals surface area contributed by atoms with Crippen LogP contribution in [0.4, 0.5) is 0 Å². The lowest BCUT2D eigenvalue weighted by atomic mass is 10.0. The quantitative estimate of drug-likeness (QED) is 0.639. The number of carbonyl (C=O) groups is 1. The van der Waals surface area contributed by atoms with Crippen LogP contribution in [0, 0.1) is 0 Å². The normalized spacial score (nSPS) is 14.0. The van der Waals surface area contributed by atoms with Crippen molar-refractivity contribution in [3.8, 4) is 11.5 Å². The molecule has 1 N–H and O–H groups in total. The van der Waals surface area contributed by atoms with Crippen molar-refractivity contribution in [2.24, 2.45) is 0 Å². The summed E-state index contributed by atoms with van der Waals surface area (Å²) in [5, 5.41) is 0. The average Bonchev–Trinajstić information content (AvgIpc) is 3.19. The Bertz CT molecular complexity index is 957. The predicted octanol–water partition coefficient (Wildman–Crippen LogP) is 4.23. The number of aromatic amines is 1. The zero-order valence-electron chi connectivity index (χ0n) is 17.2. The monoisotopic (exact) mass is 405 g/mol. The van der Waals surface area contributed by atoms with E-state index in [9.17, 15) is 4.79 Å². The number of H-pyrrole nitrogens is 1. The molecule has 0 spiro atoms. The van der Waals surface area contributed by atoms with Gasteiger partial charge in [0.05, 0.1) is 31.8 Å². The molecule has 30 heavy (non-hydrogen) atoms. The fourth-order valence-electron chi connectivity index (χ4n) is 3.62. The van der Waals surface area contributed by atoms with E-state index in [-0.39, 0.29) is 11.9 Å². The summed E-state index contributed by atoms with van der Waals surface area (Å²) in [6, 6.07) is 15.9. The second-order valence-corrected chi connectivity index (χ2v) is 7.60. The number of amides is 1. The number of benzene rings is 2. The van der Waals surface area contributed by atoms with Crippen LogP contribution in [-0.2, 0) is 13.0 Å². The molecular weight excluding hydrogens is 378 g/mol. The molecule has 156 valence electrons. The van der Waals surface area contributed by atoms with Crippen LogP contribution in [0.25, 0.3) is 0 Å². The van der Waals surface area contributed by atoms with Crippen molar-refractivity contribution in [3.05, 3.63) is 77.9 Å². The van der Waals surface area contributed by atoms with Gasteiger partial charge in [-0.3, -0.25) is 4.79 Å². The Balaban J connectivity index is 1.54. The molecule has 1 aliphatic heterocycles. The third kappa shape index (κ3) is 4.82. The highest BCUT2D eigenvalue weighted by Gasteiger charge is 2.24.